The lowest BCUT2D eigenvalue weighted by Crippen LogP contribution is -2.41. The lowest BCUT2D eigenvalue weighted by atomic mass is 9.90. The van der Waals surface area contributed by atoms with Crippen molar-refractivity contribution in [2.24, 2.45) is 0 Å². The molecular weight excluding hydrogens is 392 g/mol. The van der Waals surface area contributed by atoms with Gasteiger partial charge in [0, 0.05) is 25.0 Å². The molecule has 2 aromatic rings. The second kappa shape index (κ2) is 9.12. The largest absolute Gasteiger partial charge is 0.444 e. The number of carbonyl (C=O) groups is 2. The zero-order chi connectivity index (χ0) is 22.8. The van der Waals surface area contributed by atoms with Crippen molar-refractivity contribution >= 4 is 12.0 Å². The molecule has 0 radical (unpaired) electrons. The van der Waals surface area contributed by atoms with Crippen LogP contribution < -0.4 is 5.32 Å². The number of aromatic nitrogens is 2. The molecule has 1 aliphatic heterocycles. The summed E-state index contributed by atoms with van der Waals surface area (Å²) in [6.07, 6.45) is 2.88. The van der Waals surface area contributed by atoms with Crippen LogP contribution in [0.1, 0.15) is 75.0 Å². The van der Waals surface area contributed by atoms with Gasteiger partial charge in [0.15, 0.2) is 0 Å². The molecule has 7 heteroatoms. The molecule has 31 heavy (non-hydrogen) atoms. The SMILES string of the molecule is Cc1ccc(-n2ncc(C(=O)NC(C)C)c2C2CCN(C(=O)OC(C)(C)C)CC2)cc1. The maximum atomic E-state index is 12.9. The van der Waals surface area contributed by atoms with E-state index in [1.807, 2.05) is 70.5 Å². The molecule has 1 N–H and O–H groups in total. The number of rotatable bonds is 4. The fraction of sp³-hybridized carbons (Fsp3) is 0.542. The van der Waals surface area contributed by atoms with E-state index in [2.05, 4.69) is 10.4 Å². The Labute approximate surface area is 184 Å². The number of likely N-dealkylation sites (tertiary alicyclic amines) is 1. The average molecular weight is 427 g/mol. The highest BCUT2D eigenvalue weighted by Crippen LogP contribution is 2.33. The van der Waals surface area contributed by atoms with Crippen LogP contribution in [0.2, 0.25) is 0 Å². The zero-order valence-electron chi connectivity index (χ0n) is 19.4. The predicted octanol–water partition coefficient (Wildman–Crippen LogP) is 4.43. The number of benzene rings is 1. The van der Waals surface area contributed by atoms with Crippen molar-refractivity contribution in [3.05, 3.63) is 47.3 Å². The Morgan fingerprint density at radius 1 is 1.13 bits per heavy atom. The van der Waals surface area contributed by atoms with Gasteiger partial charge in [-0.25, -0.2) is 9.48 Å². The summed E-state index contributed by atoms with van der Waals surface area (Å²) in [5, 5.41) is 7.56. The smallest absolute Gasteiger partial charge is 0.410 e. The predicted molar refractivity (Wildman–Crippen MR) is 121 cm³/mol. The number of hydrogen-bond acceptors (Lipinski definition) is 4. The second-order valence-corrected chi connectivity index (χ2v) is 9.56. The van der Waals surface area contributed by atoms with Crippen LogP contribution in [0, 0.1) is 6.92 Å². The van der Waals surface area contributed by atoms with Crippen LogP contribution in [0.3, 0.4) is 0 Å². The minimum Gasteiger partial charge on any atom is -0.444 e. The van der Waals surface area contributed by atoms with Gasteiger partial charge in [-0.05, 0) is 66.5 Å². The average Bonchev–Trinajstić information content (AvgIpc) is 3.12. The van der Waals surface area contributed by atoms with Crippen LogP contribution in [0.5, 0.6) is 0 Å². The molecule has 3 rings (SSSR count). The summed E-state index contributed by atoms with van der Waals surface area (Å²) < 4.78 is 7.40. The van der Waals surface area contributed by atoms with Crippen LogP contribution in [-0.2, 0) is 4.74 Å². The van der Waals surface area contributed by atoms with Gasteiger partial charge in [0.25, 0.3) is 5.91 Å². The van der Waals surface area contributed by atoms with Gasteiger partial charge in [-0.3, -0.25) is 4.79 Å². The van der Waals surface area contributed by atoms with E-state index >= 15 is 0 Å². The maximum absolute atomic E-state index is 12.9. The standard InChI is InChI=1S/C24H34N4O3/c1-16(2)26-22(29)20-15-25-28(19-9-7-17(3)8-10-19)21(20)18-11-13-27(14-12-18)23(30)31-24(4,5)6/h7-10,15-16,18H,11-14H2,1-6H3,(H,26,29). The molecule has 0 saturated carbocycles. The van der Waals surface area contributed by atoms with Crippen LogP contribution in [-0.4, -0.2) is 51.4 Å². The first-order valence-corrected chi connectivity index (χ1v) is 11.0. The van der Waals surface area contributed by atoms with Gasteiger partial charge in [-0.2, -0.15) is 5.10 Å². The molecule has 0 bridgehead atoms. The van der Waals surface area contributed by atoms with Crippen molar-refractivity contribution in [2.45, 2.75) is 71.9 Å². The van der Waals surface area contributed by atoms with Gasteiger partial charge in [0.05, 0.1) is 23.1 Å². The Bertz CT molecular complexity index is 917. The Morgan fingerprint density at radius 3 is 2.29 bits per heavy atom. The van der Waals surface area contributed by atoms with E-state index < -0.39 is 5.60 Å². The Morgan fingerprint density at radius 2 is 1.74 bits per heavy atom. The van der Waals surface area contributed by atoms with Crippen molar-refractivity contribution in [2.75, 3.05) is 13.1 Å². The number of hydrogen-bond donors (Lipinski definition) is 1. The van der Waals surface area contributed by atoms with E-state index in [-0.39, 0.29) is 24.0 Å². The molecule has 1 saturated heterocycles. The molecule has 0 aliphatic carbocycles. The van der Waals surface area contributed by atoms with Gasteiger partial charge >= 0.3 is 6.09 Å². The molecule has 168 valence electrons. The molecule has 0 unspecified atom stereocenters. The Kier molecular flexibility index (Phi) is 6.72. The molecule has 0 atom stereocenters. The number of nitrogens with zero attached hydrogens (tertiary/aromatic N) is 3. The molecule has 0 spiro atoms. The fourth-order valence-corrected chi connectivity index (χ4v) is 3.82. The van der Waals surface area contributed by atoms with E-state index in [1.165, 1.54) is 5.56 Å². The Balaban J connectivity index is 1.86. The van der Waals surface area contributed by atoms with Gasteiger partial charge in [0.2, 0.25) is 0 Å². The number of nitrogens with one attached hydrogen (secondary N) is 1. The summed E-state index contributed by atoms with van der Waals surface area (Å²) in [5.74, 6) is 0.00772. The highest BCUT2D eigenvalue weighted by Gasteiger charge is 2.32. The van der Waals surface area contributed by atoms with E-state index in [0.29, 0.717) is 18.7 Å². The summed E-state index contributed by atoms with van der Waals surface area (Å²) in [5.41, 5.74) is 3.09. The number of piperidine rings is 1. The third-order valence-electron chi connectivity index (χ3n) is 5.28. The quantitative estimate of drug-likeness (QED) is 0.784. The highest BCUT2D eigenvalue weighted by molar-refractivity contribution is 5.95. The summed E-state index contributed by atoms with van der Waals surface area (Å²) in [7, 11) is 0. The molecule has 1 aromatic carbocycles. The minimum atomic E-state index is -0.514. The van der Waals surface area contributed by atoms with E-state index in [1.54, 1.807) is 11.1 Å². The molecule has 1 fully saturated rings. The number of carbonyl (C=O) groups excluding carboxylic acids is 2. The van der Waals surface area contributed by atoms with E-state index in [4.69, 9.17) is 4.74 Å². The first kappa shape index (κ1) is 22.8. The van der Waals surface area contributed by atoms with E-state index in [0.717, 1.165) is 24.2 Å². The highest BCUT2D eigenvalue weighted by atomic mass is 16.6. The second-order valence-electron chi connectivity index (χ2n) is 9.56. The van der Waals surface area contributed by atoms with Crippen molar-refractivity contribution < 1.29 is 14.3 Å². The lowest BCUT2D eigenvalue weighted by molar-refractivity contribution is 0.0203. The molecule has 2 amide bonds. The van der Waals surface area contributed by atoms with E-state index in [9.17, 15) is 9.59 Å². The minimum absolute atomic E-state index is 0.0390. The fourth-order valence-electron chi connectivity index (χ4n) is 3.82. The lowest BCUT2D eigenvalue weighted by Gasteiger charge is -2.34. The molecule has 7 nitrogen and oxygen atoms in total. The van der Waals surface area contributed by atoms with Crippen molar-refractivity contribution in [1.82, 2.24) is 20.0 Å². The van der Waals surface area contributed by atoms with Gasteiger partial charge in [-0.1, -0.05) is 17.7 Å². The van der Waals surface area contributed by atoms with Crippen molar-refractivity contribution in [3.8, 4) is 5.69 Å². The monoisotopic (exact) mass is 426 g/mol. The first-order valence-electron chi connectivity index (χ1n) is 11.0. The van der Waals surface area contributed by atoms with Gasteiger partial charge < -0.3 is 15.0 Å². The number of aryl methyl sites for hydroxylation is 1. The molecule has 1 aromatic heterocycles. The number of amides is 2. The third-order valence-corrected chi connectivity index (χ3v) is 5.28. The van der Waals surface area contributed by atoms with Gasteiger partial charge in [-0.15, -0.1) is 0 Å². The first-order chi connectivity index (χ1) is 14.5. The normalized spacial score (nSPS) is 15.3. The van der Waals surface area contributed by atoms with Crippen LogP contribution in [0.15, 0.2) is 30.5 Å². The maximum Gasteiger partial charge on any atom is 0.410 e. The topological polar surface area (TPSA) is 76.5 Å². The molecule has 1 aliphatic rings. The molecular formula is C24H34N4O3. The third kappa shape index (κ3) is 5.66. The van der Waals surface area contributed by atoms with Crippen LogP contribution >= 0.6 is 0 Å². The summed E-state index contributed by atoms with van der Waals surface area (Å²) >= 11 is 0. The van der Waals surface area contributed by atoms with Gasteiger partial charge in [0.1, 0.15) is 5.60 Å². The summed E-state index contributed by atoms with van der Waals surface area (Å²) in [6.45, 7) is 12.7. The summed E-state index contributed by atoms with van der Waals surface area (Å²) in [6, 6.07) is 8.16. The van der Waals surface area contributed by atoms with Crippen LogP contribution in [0.25, 0.3) is 5.69 Å². The Hall–Kier alpha value is -2.83. The zero-order valence-corrected chi connectivity index (χ0v) is 19.4. The molecule has 2 heterocycles. The summed E-state index contributed by atoms with van der Waals surface area (Å²) in [4.78, 5) is 27.1. The van der Waals surface area contributed by atoms with Crippen molar-refractivity contribution in [3.63, 3.8) is 0 Å². The van der Waals surface area contributed by atoms with Crippen molar-refractivity contribution in [1.29, 1.82) is 0 Å². The van der Waals surface area contributed by atoms with Crippen LogP contribution in [0.4, 0.5) is 4.79 Å². The number of ether oxygens (including phenoxy) is 1.